The quantitative estimate of drug-likeness (QED) is 0.530. The summed E-state index contributed by atoms with van der Waals surface area (Å²) in [7, 11) is 0. The highest BCUT2D eigenvalue weighted by Crippen LogP contribution is 2.15. The molecule has 120 valence electrons. The Hall–Kier alpha value is -1.38. The highest BCUT2D eigenvalue weighted by molar-refractivity contribution is 14.1. The smallest absolute Gasteiger partial charge is 0.266 e. The maximum atomic E-state index is 12.1. The summed E-state index contributed by atoms with van der Waals surface area (Å²) < 4.78 is 6.68. The minimum Gasteiger partial charge on any atom is -0.481 e. The lowest BCUT2D eigenvalue weighted by atomic mass is 10.3. The first-order valence-corrected chi connectivity index (χ1v) is 8.60. The van der Waals surface area contributed by atoms with Crippen LogP contribution in [-0.2, 0) is 4.79 Å². The molecule has 0 bridgehead atoms. The van der Waals surface area contributed by atoms with Crippen LogP contribution in [0.5, 0.6) is 5.75 Å². The van der Waals surface area contributed by atoms with Crippen LogP contribution in [0.4, 0.5) is 5.69 Å². The zero-order valence-electron chi connectivity index (χ0n) is 12.2. The highest BCUT2D eigenvalue weighted by atomic mass is 127. The van der Waals surface area contributed by atoms with Crippen LogP contribution in [0.2, 0.25) is 5.02 Å². The van der Waals surface area contributed by atoms with Gasteiger partial charge in [0.25, 0.3) is 5.91 Å². The predicted octanol–water partition coefficient (Wildman–Crippen LogP) is 4.23. The number of hydrogen-bond donors (Lipinski definition) is 2. The summed E-state index contributed by atoms with van der Waals surface area (Å²) in [4.78, 5) is 12.1. The van der Waals surface area contributed by atoms with Crippen LogP contribution in [0.25, 0.3) is 0 Å². The van der Waals surface area contributed by atoms with Crippen LogP contribution < -0.4 is 15.4 Å². The van der Waals surface area contributed by atoms with Gasteiger partial charge < -0.3 is 10.1 Å². The number of ether oxygens (including phenoxy) is 1. The fourth-order valence-corrected chi connectivity index (χ4v) is 2.38. The molecule has 0 aliphatic carbocycles. The van der Waals surface area contributed by atoms with E-state index in [1.54, 1.807) is 31.2 Å². The van der Waals surface area contributed by atoms with Gasteiger partial charge in [-0.25, -0.2) is 0 Å². The Kier molecular flexibility index (Phi) is 6.61. The summed E-state index contributed by atoms with van der Waals surface area (Å²) in [6, 6.07) is 14.5. The van der Waals surface area contributed by atoms with E-state index in [2.05, 4.69) is 33.2 Å². The Morgan fingerprint density at radius 3 is 2.39 bits per heavy atom. The molecule has 0 saturated carbocycles. The Morgan fingerprint density at radius 2 is 1.78 bits per heavy atom. The third-order valence-electron chi connectivity index (χ3n) is 2.83. The van der Waals surface area contributed by atoms with Crippen LogP contribution >= 0.6 is 46.4 Å². The van der Waals surface area contributed by atoms with E-state index in [1.165, 1.54) is 0 Å². The van der Waals surface area contributed by atoms with Gasteiger partial charge in [0.1, 0.15) is 5.75 Å². The molecular formula is C16H14ClIN2O2S. The van der Waals surface area contributed by atoms with E-state index < -0.39 is 6.10 Å². The molecule has 0 aromatic heterocycles. The second kappa shape index (κ2) is 8.47. The van der Waals surface area contributed by atoms with Gasteiger partial charge in [-0.1, -0.05) is 11.6 Å². The van der Waals surface area contributed by atoms with Gasteiger partial charge in [0.15, 0.2) is 11.2 Å². The minimum absolute atomic E-state index is 0.204. The topological polar surface area (TPSA) is 50.4 Å². The molecule has 0 radical (unpaired) electrons. The molecule has 4 nitrogen and oxygen atoms in total. The summed E-state index contributed by atoms with van der Waals surface area (Å²) in [6.45, 7) is 1.66. The lowest BCUT2D eigenvalue weighted by Crippen LogP contribution is -2.42. The first-order valence-electron chi connectivity index (χ1n) is 6.73. The first kappa shape index (κ1) is 18.0. The van der Waals surface area contributed by atoms with Crippen molar-refractivity contribution in [1.29, 1.82) is 0 Å². The van der Waals surface area contributed by atoms with Gasteiger partial charge in [-0.15, -0.1) is 0 Å². The molecule has 0 heterocycles. The molecule has 2 aromatic rings. The Bertz CT molecular complexity index is 692. The van der Waals surface area contributed by atoms with E-state index in [0.717, 1.165) is 9.26 Å². The van der Waals surface area contributed by atoms with Crippen molar-refractivity contribution in [1.82, 2.24) is 5.32 Å². The van der Waals surface area contributed by atoms with E-state index in [1.807, 2.05) is 24.3 Å². The van der Waals surface area contributed by atoms with E-state index >= 15 is 0 Å². The maximum absolute atomic E-state index is 12.1. The van der Waals surface area contributed by atoms with Crippen molar-refractivity contribution in [3.63, 3.8) is 0 Å². The number of rotatable bonds is 4. The summed E-state index contributed by atoms with van der Waals surface area (Å²) in [6.07, 6.45) is -0.667. The predicted molar refractivity (Wildman–Crippen MR) is 105 cm³/mol. The molecule has 7 heteroatoms. The van der Waals surface area contributed by atoms with Crippen molar-refractivity contribution >= 4 is 63.1 Å². The molecule has 1 amide bonds. The van der Waals surface area contributed by atoms with Gasteiger partial charge in [-0.05, 0) is 90.3 Å². The largest absolute Gasteiger partial charge is 0.481 e. The van der Waals surface area contributed by atoms with E-state index in [0.29, 0.717) is 10.8 Å². The zero-order valence-corrected chi connectivity index (χ0v) is 15.9. The van der Waals surface area contributed by atoms with Crippen LogP contribution in [0.1, 0.15) is 6.92 Å². The lowest BCUT2D eigenvalue weighted by molar-refractivity contribution is -0.125. The minimum atomic E-state index is -0.667. The number of nitrogens with one attached hydrogen (secondary N) is 2. The first-order chi connectivity index (χ1) is 10.9. The third kappa shape index (κ3) is 5.96. The number of benzene rings is 2. The number of carbonyl (C=O) groups excluding carboxylic acids is 1. The maximum Gasteiger partial charge on any atom is 0.266 e. The molecule has 1 atom stereocenters. The summed E-state index contributed by atoms with van der Waals surface area (Å²) in [5, 5.41) is 6.34. The van der Waals surface area contributed by atoms with Crippen molar-refractivity contribution < 1.29 is 9.53 Å². The summed E-state index contributed by atoms with van der Waals surface area (Å²) in [5.74, 6) is 0.305. The van der Waals surface area contributed by atoms with Gasteiger partial charge >= 0.3 is 0 Å². The number of thiocarbonyl (C=S) groups is 1. The average Bonchev–Trinajstić information content (AvgIpc) is 2.51. The second-order valence-corrected chi connectivity index (χ2v) is 6.75. The van der Waals surface area contributed by atoms with Crippen LogP contribution in [0.15, 0.2) is 48.5 Å². The van der Waals surface area contributed by atoms with Gasteiger partial charge in [0, 0.05) is 14.3 Å². The molecule has 0 aliphatic heterocycles. The highest BCUT2D eigenvalue weighted by Gasteiger charge is 2.16. The molecule has 0 spiro atoms. The van der Waals surface area contributed by atoms with E-state index in [4.69, 9.17) is 28.6 Å². The molecule has 23 heavy (non-hydrogen) atoms. The number of hydrogen-bond acceptors (Lipinski definition) is 3. The molecule has 1 unspecified atom stereocenters. The molecule has 2 N–H and O–H groups in total. The van der Waals surface area contributed by atoms with Crippen LogP contribution in [0.3, 0.4) is 0 Å². The summed E-state index contributed by atoms with van der Waals surface area (Å²) in [5.41, 5.74) is 0.742. The Morgan fingerprint density at radius 1 is 1.17 bits per heavy atom. The van der Waals surface area contributed by atoms with Gasteiger partial charge in [0.05, 0.1) is 0 Å². The van der Waals surface area contributed by atoms with Crippen molar-refractivity contribution in [3.05, 3.63) is 57.1 Å². The Labute approximate surface area is 158 Å². The molecule has 2 rings (SSSR count). The third-order valence-corrected chi connectivity index (χ3v) is 4.01. The average molecular weight is 461 g/mol. The number of amides is 1. The van der Waals surface area contributed by atoms with Crippen molar-refractivity contribution in [2.45, 2.75) is 13.0 Å². The molecule has 0 aliphatic rings. The number of carbonyl (C=O) groups is 1. The van der Waals surface area contributed by atoms with E-state index in [9.17, 15) is 4.79 Å². The molecule has 0 saturated heterocycles. The monoisotopic (exact) mass is 460 g/mol. The van der Waals surface area contributed by atoms with Crippen molar-refractivity contribution in [2.24, 2.45) is 0 Å². The summed E-state index contributed by atoms with van der Waals surface area (Å²) >= 11 is 13.1. The van der Waals surface area contributed by atoms with E-state index in [-0.39, 0.29) is 11.0 Å². The molecule has 2 aromatic carbocycles. The standard InChI is InChI=1S/C16H14ClIN2O2S/c1-10(22-14-8-4-12(18)5-9-14)15(21)20-16(23)19-13-6-2-11(17)3-7-13/h2-10H,1H3,(H2,19,20,21,23). The van der Waals surface area contributed by atoms with Gasteiger partial charge in [-0.2, -0.15) is 0 Å². The number of anilines is 1. The number of halogens is 2. The van der Waals surface area contributed by atoms with Crippen LogP contribution in [-0.4, -0.2) is 17.1 Å². The van der Waals surface area contributed by atoms with Crippen molar-refractivity contribution in [3.8, 4) is 5.75 Å². The fraction of sp³-hybridized carbons (Fsp3) is 0.125. The lowest BCUT2D eigenvalue weighted by Gasteiger charge is -2.16. The zero-order chi connectivity index (χ0) is 16.8. The molecule has 0 fully saturated rings. The normalized spacial score (nSPS) is 11.4. The van der Waals surface area contributed by atoms with Gasteiger partial charge in [0.2, 0.25) is 0 Å². The second-order valence-electron chi connectivity index (χ2n) is 4.66. The Balaban J connectivity index is 1.86. The van der Waals surface area contributed by atoms with Gasteiger partial charge in [-0.3, -0.25) is 10.1 Å². The van der Waals surface area contributed by atoms with Crippen molar-refractivity contribution in [2.75, 3.05) is 5.32 Å². The SMILES string of the molecule is CC(Oc1ccc(I)cc1)C(=O)NC(=S)Nc1ccc(Cl)cc1. The van der Waals surface area contributed by atoms with Crippen LogP contribution in [0, 0.1) is 3.57 Å². The fourth-order valence-electron chi connectivity index (χ4n) is 1.68. The molecular weight excluding hydrogens is 447 g/mol.